The van der Waals surface area contributed by atoms with Crippen molar-refractivity contribution in [2.24, 2.45) is 0 Å². The number of phosphoric ester groups is 1. The van der Waals surface area contributed by atoms with Crippen LogP contribution in [0.25, 0.3) is 0 Å². The van der Waals surface area contributed by atoms with Gasteiger partial charge in [0.05, 0.1) is 26.4 Å². The zero-order valence-electron chi connectivity index (χ0n) is 20.5. The number of aliphatic hydroxyl groups is 7. The molecule has 2 rings (SSSR count). The monoisotopic (exact) mass is 578 g/mol. The highest BCUT2D eigenvalue weighted by atomic mass is 31.2. The number of carbonyl (C=O) groups excluding carboxylic acids is 2. The van der Waals surface area contributed by atoms with Crippen LogP contribution >= 0.6 is 7.82 Å². The van der Waals surface area contributed by atoms with E-state index in [1.165, 1.54) is 0 Å². The van der Waals surface area contributed by atoms with Crippen LogP contribution in [-0.4, -0.2) is 146 Å². The summed E-state index contributed by atoms with van der Waals surface area (Å²) in [6.45, 7) is -1.14. The Bertz CT molecular complexity index is 837. The van der Waals surface area contributed by atoms with Crippen LogP contribution in [0.4, 0.5) is 0 Å². The molecule has 0 saturated carbocycles. The van der Waals surface area contributed by atoms with E-state index in [-0.39, 0.29) is 0 Å². The Morgan fingerprint density at radius 2 is 1.45 bits per heavy atom. The molecule has 0 aliphatic carbocycles. The number of carbonyl (C=O) groups is 2. The molecule has 2 amide bonds. The number of amides is 2. The Morgan fingerprint density at radius 1 is 0.921 bits per heavy atom. The summed E-state index contributed by atoms with van der Waals surface area (Å²) in [7, 11) is -5.02. The molecule has 2 aliphatic heterocycles. The maximum Gasteiger partial charge on any atom is 0.472 e. The Balaban J connectivity index is 2.30. The third-order valence-electron chi connectivity index (χ3n) is 5.65. The first-order valence-corrected chi connectivity index (χ1v) is 12.9. The molecule has 0 aromatic rings. The number of hydrogen-bond donors (Lipinski definition) is 10. The Morgan fingerprint density at radius 3 is 1.97 bits per heavy atom. The van der Waals surface area contributed by atoms with Crippen LogP contribution in [0, 0.1) is 0 Å². The van der Waals surface area contributed by atoms with Crippen LogP contribution < -0.4 is 10.6 Å². The summed E-state index contributed by atoms with van der Waals surface area (Å²) < 4.78 is 38.3. The molecule has 2 heterocycles. The maximum atomic E-state index is 12.3. The van der Waals surface area contributed by atoms with E-state index in [1.54, 1.807) is 0 Å². The topological polar surface area (TPSA) is 283 Å². The van der Waals surface area contributed by atoms with E-state index in [0.717, 1.165) is 13.8 Å². The van der Waals surface area contributed by atoms with Gasteiger partial charge in [-0.3, -0.25) is 18.6 Å². The fraction of sp³-hybridized carbons (Fsp3) is 0.895. The standard InChI is InChI=1S/C19H35N2O16P/c1-7(25)20-12-14(28)16(10(4-23)34-18(12)30)36-19-13(21-8(2)26)15(29)17(11(5-24)35-19)37-38(31,32)33-6-9(27)3-22/h9-19,22-24,27-30H,3-6H2,1-2H3,(H,20,25)(H,21,26)(H,31,32)/t9-,10-,11-,12-,13-,14-,15-,16-,17-,18+,19+/m1/s1. The molecule has 0 spiro atoms. The lowest BCUT2D eigenvalue weighted by atomic mass is 9.94. The molecule has 222 valence electrons. The van der Waals surface area contributed by atoms with E-state index in [9.17, 15) is 49.7 Å². The summed E-state index contributed by atoms with van der Waals surface area (Å²) in [5.41, 5.74) is 0. The first kappa shape index (κ1) is 32.9. The minimum Gasteiger partial charge on any atom is -0.394 e. The summed E-state index contributed by atoms with van der Waals surface area (Å²) in [5, 5.41) is 74.0. The van der Waals surface area contributed by atoms with Crippen molar-refractivity contribution in [1.29, 1.82) is 0 Å². The summed E-state index contributed by atoms with van der Waals surface area (Å²) in [5.74, 6) is -1.37. The van der Waals surface area contributed by atoms with Gasteiger partial charge in [0.25, 0.3) is 0 Å². The molecule has 0 radical (unpaired) electrons. The van der Waals surface area contributed by atoms with Gasteiger partial charge in [0.15, 0.2) is 12.6 Å². The largest absolute Gasteiger partial charge is 0.472 e. The van der Waals surface area contributed by atoms with E-state index in [1.807, 2.05) is 0 Å². The SMILES string of the molecule is CC(=O)N[C@@H]1[C@@H](O)[C@H](O[C@@H]2O[C@H](CO)[C@@H](OP(=O)(O)OC[C@H](O)CO)[C@H](O)[C@H]2NC(C)=O)[C@@H](CO)O[C@@H]1O. The first-order valence-electron chi connectivity index (χ1n) is 11.5. The van der Waals surface area contributed by atoms with Gasteiger partial charge in [-0.2, -0.15) is 0 Å². The minimum atomic E-state index is -5.02. The molecular weight excluding hydrogens is 543 g/mol. The number of aliphatic hydroxyl groups excluding tert-OH is 7. The van der Waals surface area contributed by atoms with E-state index in [2.05, 4.69) is 15.2 Å². The van der Waals surface area contributed by atoms with Crippen molar-refractivity contribution in [2.75, 3.05) is 26.4 Å². The quantitative estimate of drug-likeness (QED) is 0.0966. The van der Waals surface area contributed by atoms with Crippen LogP contribution in [0.2, 0.25) is 0 Å². The molecule has 10 N–H and O–H groups in total. The first-order chi connectivity index (χ1) is 17.7. The summed E-state index contributed by atoms with van der Waals surface area (Å²) >= 11 is 0. The van der Waals surface area contributed by atoms with Gasteiger partial charge in [-0.1, -0.05) is 0 Å². The Labute approximate surface area is 216 Å². The molecule has 0 aromatic carbocycles. The van der Waals surface area contributed by atoms with E-state index in [0.29, 0.717) is 0 Å². The maximum absolute atomic E-state index is 12.3. The van der Waals surface area contributed by atoms with E-state index in [4.69, 9.17) is 23.8 Å². The highest BCUT2D eigenvalue weighted by molar-refractivity contribution is 7.47. The predicted molar refractivity (Wildman–Crippen MR) is 120 cm³/mol. The summed E-state index contributed by atoms with van der Waals surface area (Å²) in [6, 6.07) is -2.98. The second kappa shape index (κ2) is 14.3. The third kappa shape index (κ3) is 8.57. The van der Waals surface area contributed by atoms with Crippen molar-refractivity contribution < 1.29 is 78.1 Å². The second-order valence-corrected chi connectivity index (χ2v) is 10.1. The van der Waals surface area contributed by atoms with Crippen LogP contribution in [0.1, 0.15) is 13.8 Å². The van der Waals surface area contributed by atoms with Gasteiger partial charge in [0, 0.05) is 13.8 Å². The van der Waals surface area contributed by atoms with Gasteiger partial charge in [-0.25, -0.2) is 4.57 Å². The van der Waals surface area contributed by atoms with Crippen molar-refractivity contribution in [3.63, 3.8) is 0 Å². The van der Waals surface area contributed by atoms with Crippen molar-refractivity contribution >= 4 is 19.6 Å². The molecule has 19 heteroatoms. The predicted octanol–water partition coefficient (Wildman–Crippen LogP) is -5.62. The fourth-order valence-electron chi connectivity index (χ4n) is 3.91. The molecule has 2 fully saturated rings. The normalized spacial score (nSPS) is 38.2. The van der Waals surface area contributed by atoms with Crippen LogP contribution in [0.5, 0.6) is 0 Å². The zero-order valence-corrected chi connectivity index (χ0v) is 21.4. The summed E-state index contributed by atoms with van der Waals surface area (Å²) in [6.07, 6.45) is -14.9. The molecule has 0 bridgehead atoms. The highest BCUT2D eigenvalue weighted by Crippen LogP contribution is 2.47. The van der Waals surface area contributed by atoms with Crippen LogP contribution in [0.3, 0.4) is 0 Å². The number of ether oxygens (including phenoxy) is 3. The Kier molecular flexibility index (Phi) is 12.4. The average Bonchev–Trinajstić information content (AvgIpc) is 2.84. The van der Waals surface area contributed by atoms with E-state index < -0.39 is 113 Å². The number of hydrogen-bond acceptors (Lipinski definition) is 15. The fourth-order valence-corrected chi connectivity index (χ4v) is 4.90. The average molecular weight is 578 g/mol. The zero-order chi connectivity index (χ0) is 28.8. The molecular formula is C19H35N2O16P. The van der Waals surface area contributed by atoms with Crippen molar-refractivity contribution in [3.8, 4) is 0 Å². The van der Waals surface area contributed by atoms with Crippen molar-refractivity contribution in [3.05, 3.63) is 0 Å². The minimum absolute atomic E-state index is 0.638. The van der Waals surface area contributed by atoms with Crippen molar-refractivity contribution in [2.45, 2.75) is 81.2 Å². The van der Waals surface area contributed by atoms with Gasteiger partial charge >= 0.3 is 7.82 Å². The smallest absolute Gasteiger partial charge is 0.394 e. The number of nitrogens with one attached hydrogen (secondary N) is 2. The van der Waals surface area contributed by atoms with E-state index >= 15 is 0 Å². The summed E-state index contributed by atoms with van der Waals surface area (Å²) in [4.78, 5) is 33.3. The van der Waals surface area contributed by atoms with Gasteiger partial charge in [-0.05, 0) is 0 Å². The van der Waals surface area contributed by atoms with Gasteiger partial charge < -0.3 is 65.5 Å². The molecule has 18 nitrogen and oxygen atoms in total. The lowest BCUT2D eigenvalue weighted by Gasteiger charge is -2.48. The van der Waals surface area contributed by atoms with Crippen LogP contribution in [0.15, 0.2) is 0 Å². The van der Waals surface area contributed by atoms with Crippen LogP contribution in [-0.2, 0) is 37.4 Å². The Hall–Kier alpha value is -1.35. The van der Waals surface area contributed by atoms with Gasteiger partial charge in [-0.15, -0.1) is 0 Å². The molecule has 38 heavy (non-hydrogen) atoms. The molecule has 1 unspecified atom stereocenters. The molecule has 12 atom stereocenters. The number of phosphoric acid groups is 1. The van der Waals surface area contributed by atoms with Gasteiger partial charge in [0.1, 0.15) is 54.8 Å². The lowest BCUT2D eigenvalue weighted by Crippen LogP contribution is -2.69. The molecule has 2 saturated heterocycles. The number of rotatable bonds is 12. The van der Waals surface area contributed by atoms with Gasteiger partial charge in [0.2, 0.25) is 11.8 Å². The lowest BCUT2D eigenvalue weighted by molar-refractivity contribution is -0.326. The molecule has 0 aromatic heterocycles. The third-order valence-corrected chi connectivity index (χ3v) is 6.64. The van der Waals surface area contributed by atoms with Crippen molar-refractivity contribution in [1.82, 2.24) is 10.6 Å². The second-order valence-electron chi connectivity index (χ2n) is 8.68. The highest BCUT2D eigenvalue weighted by Gasteiger charge is 2.53. The molecule has 2 aliphatic rings.